The Kier molecular flexibility index (Phi) is 4.56. The van der Waals surface area contributed by atoms with Gasteiger partial charge < -0.3 is 4.79 Å². The van der Waals surface area contributed by atoms with Gasteiger partial charge in [0.25, 0.3) is 0 Å². The van der Waals surface area contributed by atoms with Gasteiger partial charge in [0.15, 0.2) is 0 Å². The van der Waals surface area contributed by atoms with Crippen molar-refractivity contribution in [2.24, 2.45) is 17.3 Å². The standard InChI is InChI=1S/C14H24O/c1-12(2)5-4-6-13-7-9-14(3,11-15)10-8-13/h7,9,11-13H,4-6,8,10H2,1-3H3. The van der Waals surface area contributed by atoms with Gasteiger partial charge in [-0.15, -0.1) is 0 Å². The van der Waals surface area contributed by atoms with Gasteiger partial charge in [0.05, 0.1) is 0 Å². The topological polar surface area (TPSA) is 17.1 Å². The van der Waals surface area contributed by atoms with E-state index in [1.807, 2.05) is 6.92 Å². The van der Waals surface area contributed by atoms with Crippen LogP contribution in [0.25, 0.3) is 0 Å². The van der Waals surface area contributed by atoms with Crippen LogP contribution in [0.4, 0.5) is 0 Å². The highest BCUT2D eigenvalue weighted by Gasteiger charge is 2.25. The minimum atomic E-state index is -0.172. The first-order chi connectivity index (χ1) is 7.06. The van der Waals surface area contributed by atoms with E-state index in [1.54, 1.807) is 0 Å². The molecule has 86 valence electrons. The predicted octanol–water partition coefficient (Wildman–Crippen LogP) is 3.98. The van der Waals surface area contributed by atoms with Crippen LogP contribution in [-0.4, -0.2) is 6.29 Å². The molecule has 0 aromatic rings. The van der Waals surface area contributed by atoms with Crippen LogP contribution in [0.15, 0.2) is 12.2 Å². The molecule has 0 heterocycles. The van der Waals surface area contributed by atoms with E-state index in [2.05, 4.69) is 26.0 Å². The lowest BCUT2D eigenvalue weighted by molar-refractivity contribution is -0.114. The molecule has 0 amide bonds. The summed E-state index contributed by atoms with van der Waals surface area (Å²) in [6, 6.07) is 0. The fraction of sp³-hybridized carbons (Fsp3) is 0.786. The van der Waals surface area contributed by atoms with Gasteiger partial charge >= 0.3 is 0 Å². The molecule has 15 heavy (non-hydrogen) atoms. The fourth-order valence-corrected chi connectivity index (χ4v) is 2.16. The summed E-state index contributed by atoms with van der Waals surface area (Å²) < 4.78 is 0. The molecule has 0 saturated heterocycles. The maximum atomic E-state index is 10.8. The smallest absolute Gasteiger partial charge is 0.129 e. The van der Waals surface area contributed by atoms with E-state index < -0.39 is 0 Å². The minimum Gasteiger partial charge on any atom is -0.302 e. The highest BCUT2D eigenvalue weighted by molar-refractivity contribution is 5.62. The normalized spacial score (nSPS) is 30.8. The summed E-state index contributed by atoms with van der Waals surface area (Å²) in [6.07, 6.45) is 11.6. The zero-order valence-corrected chi connectivity index (χ0v) is 10.3. The summed E-state index contributed by atoms with van der Waals surface area (Å²) in [5.74, 6) is 1.54. The molecule has 0 spiro atoms. The largest absolute Gasteiger partial charge is 0.302 e. The van der Waals surface area contributed by atoms with Gasteiger partial charge in [-0.25, -0.2) is 0 Å². The SMILES string of the molecule is CC(C)CCCC1C=CC(C)(C=O)CC1. The predicted molar refractivity (Wildman–Crippen MR) is 64.7 cm³/mol. The molecule has 1 heteroatoms. The molecular formula is C14H24O. The Hall–Kier alpha value is -0.590. The second-order valence-corrected chi connectivity index (χ2v) is 5.61. The zero-order chi connectivity index (χ0) is 11.3. The minimum absolute atomic E-state index is 0.172. The first kappa shape index (κ1) is 12.5. The average Bonchev–Trinajstić information content (AvgIpc) is 2.21. The molecule has 0 saturated carbocycles. The van der Waals surface area contributed by atoms with E-state index in [9.17, 15) is 4.79 Å². The van der Waals surface area contributed by atoms with Crippen molar-refractivity contribution in [3.63, 3.8) is 0 Å². The van der Waals surface area contributed by atoms with Crippen LogP contribution in [0.3, 0.4) is 0 Å². The van der Waals surface area contributed by atoms with E-state index in [4.69, 9.17) is 0 Å². The Morgan fingerprint density at radius 2 is 2.27 bits per heavy atom. The molecule has 0 bridgehead atoms. The molecule has 2 atom stereocenters. The monoisotopic (exact) mass is 208 g/mol. The van der Waals surface area contributed by atoms with Crippen LogP contribution in [0.1, 0.15) is 52.9 Å². The average molecular weight is 208 g/mol. The van der Waals surface area contributed by atoms with Crippen LogP contribution in [0, 0.1) is 17.3 Å². The third-order valence-electron chi connectivity index (χ3n) is 3.43. The van der Waals surface area contributed by atoms with Gasteiger partial charge in [0, 0.05) is 5.41 Å². The Morgan fingerprint density at radius 1 is 1.53 bits per heavy atom. The summed E-state index contributed by atoms with van der Waals surface area (Å²) in [5, 5.41) is 0. The van der Waals surface area contributed by atoms with Crippen molar-refractivity contribution in [3.8, 4) is 0 Å². The third kappa shape index (κ3) is 4.19. The lowest BCUT2D eigenvalue weighted by atomic mass is 9.77. The first-order valence-corrected chi connectivity index (χ1v) is 6.21. The molecule has 1 aliphatic carbocycles. The van der Waals surface area contributed by atoms with Gasteiger partial charge in [-0.3, -0.25) is 0 Å². The van der Waals surface area contributed by atoms with Crippen LogP contribution < -0.4 is 0 Å². The van der Waals surface area contributed by atoms with Crippen LogP contribution in [-0.2, 0) is 4.79 Å². The fourth-order valence-electron chi connectivity index (χ4n) is 2.16. The van der Waals surface area contributed by atoms with Crippen LogP contribution in [0.2, 0.25) is 0 Å². The van der Waals surface area contributed by atoms with Crippen LogP contribution in [0.5, 0.6) is 0 Å². The molecule has 1 nitrogen and oxygen atoms in total. The first-order valence-electron chi connectivity index (χ1n) is 6.21. The van der Waals surface area contributed by atoms with E-state index >= 15 is 0 Å². The molecule has 1 aliphatic rings. The van der Waals surface area contributed by atoms with Crippen molar-refractivity contribution in [1.82, 2.24) is 0 Å². The maximum Gasteiger partial charge on any atom is 0.129 e. The van der Waals surface area contributed by atoms with Gasteiger partial charge in [0.1, 0.15) is 6.29 Å². The summed E-state index contributed by atoms with van der Waals surface area (Å²) >= 11 is 0. The quantitative estimate of drug-likeness (QED) is 0.493. The number of carbonyl (C=O) groups is 1. The molecule has 1 rings (SSSR count). The van der Waals surface area contributed by atoms with Crippen molar-refractivity contribution in [1.29, 1.82) is 0 Å². The number of hydrogen-bond acceptors (Lipinski definition) is 1. The second-order valence-electron chi connectivity index (χ2n) is 5.61. The van der Waals surface area contributed by atoms with Crippen molar-refractivity contribution >= 4 is 6.29 Å². The summed E-state index contributed by atoms with van der Waals surface area (Å²) in [6.45, 7) is 6.58. The highest BCUT2D eigenvalue weighted by atomic mass is 16.1. The molecule has 2 unspecified atom stereocenters. The molecule has 0 aliphatic heterocycles. The summed E-state index contributed by atoms with van der Waals surface area (Å²) in [5.41, 5.74) is -0.172. The molecular weight excluding hydrogens is 184 g/mol. The van der Waals surface area contributed by atoms with Crippen molar-refractivity contribution in [3.05, 3.63) is 12.2 Å². The van der Waals surface area contributed by atoms with E-state index in [-0.39, 0.29) is 5.41 Å². The van der Waals surface area contributed by atoms with Crippen molar-refractivity contribution in [2.75, 3.05) is 0 Å². The Labute approximate surface area is 93.9 Å². The van der Waals surface area contributed by atoms with Crippen molar-refractivity contribution in [2.45, 2.75) is 52.9 Å². The van der Waals surface area contributed by atoms with Gasteiger partial charge in [0.2, 0.25) is 0 Å². The molecule has 0 aromatic heterocycles. The molecule has 0 radical (unpaired) electrons. The van der Waals surface area contributed by atoms with Crippen LogP contribution >= 0.6 is 0 Å². The number of allylic oxidation sites excluding steroid dienone is 2. The Balaban J connectivity index is 2.30. The number of carbonyl (C=O) groups excluding carboxylic acids is 1. The van der Waals surface area contributed by atoms with Gasteiger partial charge in [-0.1, -0.05) is 38.8 Å². The van der Waals surface area contributed by atoms with E-state index in [0.717, 1.165) is 24.5 Å². The Morgan fingerprint density at radius 3 is 2.73 bits per heavy atom. The van der Waals surface area contributed by atoms with E-state index in [0.29, 0.717) is 0 Å². The summed E-state index contributed by atoms with van der Waals surface area (Å²) in [4.78, 5) is 10.8. The third-order valence-corrected chi connectivity index (χ3v) is 3.43. The lowest BCUT2D eigenvalue weighted by Gasteiger charge is -2.27. The number of rotatable bonds is 5. The molecule has 0 fully saturated rings. The maximum absolute atomic E-state index is 10.8. The Bertz CT molecular complexity index is 229. The van der Waals surface area contributed by atoms with E-state index in [1.165, 1.54) is 25.7 Å². The molecule has 0 N–H and O–H groups in total. The highest BCUT2D eigenvalue weighted by Crippen LogP contribution is 2.33. The lowest BCUT2D eigenvalue weighted by Crippen LogP contribution is -2.20. The van der Waals surface area contributed by atoms with Gasteiger partial charge in [-0.05, 0) is 38.0 Å². The summed E-state index contributed by atoms with van der Waals surface area (Å²) in [7, 11) is 0. The second kappa shape index (κ2) is 5.48. The van der Waals surface area contributed by atoms with Gasteiger partial charge in [-0.2, -0.15) is 0 Å². The zero-order valence-electron chi connectivity index (χ0n) is 10.3. The number of aldehydes is 1. The van der Waals surface area contributed by atoms with Crippen molar-refractivity contribution < 1.29 is 4.79 Å². The number of hydrogen-bond donors (Lipinski definition) is 0. The molecule has 0 aromatic carbocycles.